The predicted octanol–water partition coefficient (Wildman–Crippen LogP) is 2.90. The van der Waals surface area contributed by atoms with Crippen molar-refractivity contribution in [1.29, 1.82) is 0 Å². The Labute approximate surface area is 111 Å². The van der Waals surface area contributed by atoms with Crippen LogP contribution in [0.5, 0.6) is 0 Å². The molecule has 18 heavy (non-hydrogen) atoms. The van der Waals surface area contributed by atoms with Crippen molar-refractivity contribution in [3.8, 4) is 0 Å². The Morgan fingerprint density at radius 1 is 1.39 bits per heavy atom. The molecule has 0 bridgehead atoms. The summed E-state index contributed by atoms with van der Waals surface area (Å²) in [6.07, 6.45) is 2.66. The van der Waals surface area contributed by atoms with Crippen LogP contribution < -0.4 is 5.32 Å². The number of hydrogen-bond acceptors (Lipinski definition) is 2. The molecule has 0 aliphatic carbocycles. The van der Waals surface area contributed by atoms with Gasteiger partial charge in [-0.2, -0.15) is 0 Å². The molecule has 0 atom stereocenters. The maximum absolute atomic E-state index is 12.9. The quantitative estimate of drug-likeness (QED) is 0.912. The molecule has 1 aromatic carbocycles. The van der Waals surface area contributed by atoms with E-state index in [0.29, 0.717) is 13.0 Å². The highest BCUT2D eigenvalue weighted by Crippen LogP contribution is 2.19. The van der Waals surface area contributed by atoms with Gasteiger partial charge in [0.25, 0.3) is 0 Å². The summed E-state index contributed by atoms with van der Waals surface area (Å²) in [5, 5.41) is 3.16. The first-order valence-corrected chi connectivity index (χ1v) is 6.51. The van der Waals surface area contributed by atoms with Crippen LogP contribution in [0.15, 0.2) is 18.2 Å². The van der Waals surface area contributed by atoms with Crippen molar-refractivity contribution in [2.45, 2.75) is 19.3 Å². The second kappa shape index (κ2) is 6.05. The van der Waals surface area contributed by atoms with Gasteiger partial charge in [0.2, 0.25) is 5.91 Å². The third-order valence-electron chi connectivity index (χ3n) is 3.05. The number of amides is 1. The molecule has 1 amide bonds. The van der Waals surface area contributed by atoms with Crippen LogP contribution in [0.4, 0.5) is 10.1 Å². The summed E-state index contributed by atoms with van der Waals surface area (Å²) in [6.45, 7) is 2.29. The maximum atomic E-state index is 12.9. The van der Waals surface area contributed by atoms with Crippen LogP contribution in [0.3, 0.4) is 0 Å². The van der Waals surface area contributed by atoms with Crippen molar-refractivity contribution in [1.82, 2.24) is 4.90 Å². The Hall–Kier alpha value is -1.29. The summed E-state index contributed by atoms with van der Waals surface area (Å²) in [4.78, 5) is 13.6. The molecule has 0 saturated carbocycles. The van der Waals surface area contributed by atoms with Crippen LogP contribution in [0.25, 0.3) is 0 Å². The molecule has 5 heteroatoms. The van der Waals surface area contributed by atoms with Crippen LogP contribution in [-0.4, -0.2) is 30.4 Å². The lowest BCUT2D eigenvalue weighted by Crippen LogP contribution is -2.29. The minimum Gasteiger partial charge on any atom is -0.384 e. The minimum absolute atomic E-state index is 0.0888. The Balaban J connectivity index is 1.77. The van der Waals surface area contributed by atoms with Gasteiger partial charge in [0.1, 0.15) is 5.82 Å². The Kier molecular flexibility index (Phi) is 4.42. The topological polar surface area (TPSA) is 32.3 Å². The summed E-state index contributed by atoms with van der Waals surface area (Å²) >= 11 is 5.67. The average molecular weight is 271 g/mol. The molecule has 1 aromatic rings. The van der Waals surface area contributed by atoms with Crippen molar-refractivity contribution in [3.63, 3.8) is 0 Å². The van der Waals surface area contributed by atoms with E-state index in [1.807, 2.05) is 4.90 Å². The van der Waals surface area contributed by atoms with Crippen molar-refractivity contribution < 1.29 is 9.18 Å². The number of nitrogens with zero attached hydrogens (tertiary/aromatic N) is 1. The maximum Gasteiger partial charge on any atom is 0.224 e. The summed E-state index contributed by atoms with van der Waals surface area (Å²) < 4.78 is 12.9. The van der Waals surface area contributed by atoms with Gasteiger partial charge in [-0.25, -0.2) is 4.39 Å². The number of nitrogens with one attached hydrogen (secondary N) is 1. The molecule has 3 nitrogen and oxygen atoms in total. The fourth-order valence-corrected chi connectivity index (χ4v) is 2.23. The van der Waals surface area contributed by atoms with Gasteiger partial charge in [0.05, 0.1) is 5.02 Å². The highest BCUT2D eigenvalue weighted by Gasteiger charge is 2.16. The standard InChI is InChI=1S/C13H16ClFN2O/c14-11-9-10(3-4-12(11)15)16-6-5-13(18)17-7-1-2-8-17/h3-4,9,16H,1-2,5-8H2. The van der Waals surface area contributed by atoms with Gasteiger partial charge in [0, 0.05) is 31.7 Å². The van der Waals surface area contributed by atoms with Gasteiger partial charge in [-0.05, 0) is 31.0 Å². The number of carbonyl (C=O) groups is 1. The molecule has 0 unspecified atom stereocenters. The number of benzene rings is 1. The lowest BCUT2D eigenvalue weighted by atomic mass is 10.3. The van der Waals surface area contributed by atoms with E-state index < -0.39 is 5.82 Å². The minimum atomic E-state index is -0.435. The van der Waals surface area contributed by atoms with Crippen LogP contribution in [-0.2, 0) is 4.79 Å². The van der Waals surface area contributed by atoms with Crippen molar-refractivity contribution in [2.75, 3.05) is 25.0 Å². The van der Waals surface area contributed by atoms with Gasteiger partial charge >= 0.3 is 0 Å². The monoisotopic (exact) mass is 270 g/mol. The van der Waals surface area contributed by atoms with Crippen LogP contribution in [0.1, 0.15) is 19.3 Å². The molecule has 1 N–H and O–H groups in total. The molecular formula is C13H16ClFN2O. The van der Waals surface area contributed by atoms with E-state index in [0.717, 1.165) is 31.6 Å². The number of anilines is 1. The third-order valence-corrected chi connectivity index (χ3v) is 3.34. The molecule has 2 rings (SSSR count). The summed E-state index contributed by atoms with van der Waals surface area (Å²) in [5.41, 5.74) is 0.732. The molecule has 1 fully saturated rings. The van der Waals surface area contributed by atoms with Crippen LogP contribution >= 0.6 is 11.6 Å². The van der Waals surface area contributed by atoms with Gasteiger partial charge in [-0.3, -0.25) is 4.79 Å². The number of rotatable bonds is 4. The zero-order valence-corrected chi connectivity index (χ0v) is 10.8. The van der Waals surface area contributed by atoms with Gasteiger partial charge < -0.3 is 10.2 Å². The molecular weight excluding hydrogens is 255 g/mol. The highest BCUT2D eigenvalue weighted by molar-refractivity contribution is 6.31. The van der Waals surface area contributed by atoms with Crippen molar-refractivity contribution in [3.05, 3.63) is 29.0 Å². The fourth-order valence-electron chi connectivity index (χ4n) is 2.04. The SMILES string of the molecule is O=C(CCNc1ccc(F)c(Cl)c1)N1CCCC1. The predicted molar refractivity (Wildman–Crippen MR) is 70.3 cm³/mol. The first-order chi connectivity index (χ1) is 8.66. The molecule has 0 spiro atoms. The second-order valence-corrected chi connectivity index (χ2v) is 4.80. The normalized spacial score (nSPS) is 14.9. The van der Waals surface area contributed by atoms with Crippen LogP contribution in [0, 0.1) is 5.82 Å². The largest absolute Gasteiger partial charge is 0.384 e. The molecule has 0 aromatic heterocycles. The number of carbonyl (C=O) groups excluding carboxylic acids is 1. The average Bonchev–Trinajstić information content (AvgIpc) is 2.87. The van der Waals surface area contributed by atoms with Crippen molar-refractivity contribution >= 4 is 23.2 Å². The smallest absolute Gasteiger partial charge is 0.224 e. The van der Waals surface area contributed by atoms with E-state index in [9.17, 15) is 9.18 Å². The molecule has 0 radical (unpaired) electrons. The zero-order chi connectivity index (χ0) is 13.0. The summed E-state index contributed by atoms with van der Waals surface area (Å²) in [6, 6.07) is 4.45. The van der Waals surface area contributed by atoms with Gasteiger partial charge in [-0.15, -0.1) is 0 Å². The Bertz CT molecular complexity index is 433. The summed E-state index contributed by atoms with van der Waals surface area (Å²) in [5.74, 6) is -0.261. The molecule has 98 valence electrons. The molecule has 1 aliphatic heterocycles. The van der Waals surface area contributed by atoms with Gasteiger partial charge in [0.15, 0.2) is 0 Å². The number of halogens is 2. The molecule has 1 aliphatic rings. The Morgan fingerprint density at radius 3 is 2.78 bits per heavy atom. The lowest BCUT2D eigenvalue weighted by molar-refractivity contribution is -0.129. The van der Waals surface area contributed by atoms with E-state index in [2.05, 4.69) is 5.32 Å². The second-order valence-electron chi connectivity index (χ2n) is 4.39. The fraction of sp³-hybridized carbons (Fsp3) is 0.462. The third kappa shape index (κ3) is 3.35. The van der Waals surface area contributed by atoms with Gasteiger partial charge in [-0.1, -0.05) is 11.6 Å². The highest BCUT2D eigenvalue weighted by atomic mass is 35.5. The van der Waals surface area contributed by atoms with E-state index in [1.54, 1.807) is 6.07 Å². The van der Waals surface area contributed by atoms with E-state index in [4.69, 9.17) is 11.6 Å². The van der Waals surface area contributed by atoms with E-state index in [-0.39, 0.29) is 10.9 Å². The number of hydrogen-bond donors (Lipinski definition) is 1. The molecule has 1 heterocycles. The first kappa shape index (κ1) is 13.1. The first-order valence-electron chi connectivity index (χ1n) is 6.13. The van der Waals surface area contributed by atoms with Crippen LogP contribution in [0.2, 0.25) is 5.02 Å². The van der Waals surface area contributed by atoms with E-state index in [1.165, 1.54) is 12.1 Å². The zero-order valence-electron chi connectivity index (χ0n) is 10.1. The van der Waals surface area contributed by atoms with E-state index >= 15 is 0 Å². The lowest BCUT2D eigenvalue weighted by Gasteiger charge is -2.15. The Morgan fingerprint density at radius 2 is 2.11 bits per heavy atom. The van der Waals surface area contributed by atoms with Crippen molar-refractivity contribution in [2.24, 2.45) is 0 Å². The summed E-state index contributed by atoms with van der Waals surface area (Å²) in [7, 11) is 0. The molecule has 1 saturated heterocycles. The number of likely N-dealkylation sites (tertiary alicyclic amines) is 1.